The van der Waals surface area contributed by atoms with E-state index < -0.39 is 50.2 Å². The maximum Gasteiger partial charge on any atom is 0.494 e. The fraction of sp³-hybridized carbons (Fsp3) is 0.375. The molecule has 0 saturated carbocycles. The Labute approximate surface area is 882 Å². The molecule has 3 aliphatic rings. The summed E-state index contributed by atoms with van der Waals surface area (Å²) in [4.78, 5) is 33.9. The molecule has 0 spiro atoms. The van der Waals surface area contributed by atoms with Gasteiger partial charge in [0.1, 0.15) is 63.2 Å². The standard InChI is InChI=1S/C34H38O5.C26H30O3.C18H21BO4.C14H21BrO.C12H24B2O4.C12H9BrO2.C4H6O2/c1-20(2)31(36)38-26-13-11-22(12-14-26)23-15-24(17-27(16-23)39-32(37)21(3)4)25-18-28(33(5,6)7)30(35)29(19-25)34(8,9)10;1-25(2,3)22-14-19(15-23(24(22)29)26(4,5)6)18-11-17(12-21(28)13-18)16-7-9-20(27)10-8-16;1-17(2)18(3,4)23-19(22-17)14-9-13(10-16(21)11-14)12-5-7-15(20)8-6-12;1-13(2,3)10-7-9(15)8-11(12(10)16)14(4,5)6;1-9(2)10(3,4)16-13(15-9)14-17-11(5,6)12(7,8)18-14;13-10-5-9(6-12(15)7-10)8-1-3-11(14)4-2-8;1-3(2)4(5)6/h11-19,35H,1,3H2,2,4-10H3;7-15,27-29H,1-6H3;5-11,20-21H,1-4H3;7-8,16H,1-6H3;1-8H3;1-7,14-15H;1H2,2H3,(H,5,6). The minimum atomic E-state index is -0.935. The molecule has 0 atom stereocenters. The van der Waals surface area contributed by atoms with Gasteiger partial charge in [-0.1, -0.05) is 231 Å². The van der Waals surface area contributed by atoms with Gasteiger partial charge >= 0.3 is 39.0 Å². The van der Waals surface area contributed by atoms with Gasteiger partial charge in [0, 0.05) is 59.0 Å². The molecule has 14 rings (SSSR count). The normalized spacial score (nSPS) is 15.2. The summed E-state index contributed by atoms with van der Waals surface area (Å²) in [5.41, 5.74) is 14.1. The number of carbonyl (C=O) groups excluding carboxylic acids is 2. The van der Waals surface area contributed by atoms with E-state index in [1.165, 1.54) is 6.92 Å². The second kappa shape index (κ2) is 45.9. The summed E-state index contributed by atoms with van der Waals surface area (Å²) in [5.74, 6) is 1.09. The topological polar surface area (TPSA) is 327 Å². The van der Waals surface area contributed by atoms with E-state index in [2.05, 4.69) is 176 Å². The predicted molar refractivity (Wildman–Crippen MR) is 599 cm³/mol. The Morgan fingerprint density at radius 2 is 0.486 bits per heavy atom. The van der Waals surface area contributed by atoms with Gasteiger partial charge in [0.25, 0.3) is 0 Å². The lowest BCUT2D eigenvalue weighted by atomic mass is 9.49. The molecule has 3 fully saturated rings. The average molecular weight is 2120 g/mol. The number of aromatic hydroxyl groups is 9. The Morgan fingerprint density at radius 1 is 0.267 bits per heavy atom. The molecule has 11 aromatic rings. The number of esters is 2. The van der Waals surface area contributed by atoms with Gasteiger partial charge in [0.2, 0.25) is 0 Å². The van der Waals surface area contributed by atoms with Gasteiger partial charge in [-0.05, 0) is 360 Å². The number of carbonyl (C=O) groups is 3. The summed E-state index contributed by atoms with van der Waals surface area (Å²) >= 11 is 6.84. The fourth-order valence-electron chi connectivity index (χ4n) is 15.3. The number of carboxylic acids is 1. The lowest BCUT2D eigenvalue weighted by Crippen LogP contribution is -2.41. The van der Waals surface area contributed by atoms with Gasteiger partial charge in [-0.25, -0.2) is 14.4 Å². The maximum absolute atomic E-state index is 12.4. The smallest absolute Gasteiger partial charge is 0.494 e. The van der Waals surface area contributed by atoms with E-state index in [9.17, 15) is 55.2 Å². The van der Waals surface area contributed by atoms with Crippen LogP contribution in [0.2, 0.25) is 0 Å². The highest BCUT2D eigenvalue weighted by molar-refractivity contribution is 9.10. The van der Waals surface area contributed by atoms with Crippen LogP contribution in [0.15, 0.2) is 252 Å². The lowest BCUT2D eigenvalue weighted by molar-refractivity contribution is -0.133. The SMILES string of the molecule is C=C(C)C(=O)O.C=C(C)C(=O)Oc1ccc(-c2cc(OC(=O)C(=C)C)cc(-c3cc(C(C)(C)C)c(O)c(C(C)(C)C)c3)c2)cc1.CC(C)(C)c1cc(-c2cc(O)cc(-c3ccc(O)cc3)c2)cc(C(C)(C)C)c1O.CC(C)(C)c1cc(Br)cc(C(C)(C)C)c1O.CC1(C)OB(B2OC(C)(C)C(C)(C)O2)OC1(C)C.CC1(C)OB(c2cc(O)cc(-c3ccc(O)cc3)c2)OC1(C)C.Oc1ccc(-c2cc(O)cc(Br)c2)cc1. The van der Waals surface area contributed by atoms with Crippen LogP contribution in [-0.2, 0) is 74.8 Å². The van der Waals surface area contributed by atoms with Gasteiger partial charge in [-0.3, -0.25) is 0 Å². The molecule has 146 heavy (non-hydrogen) atoms. The van der Waals surface area contributed by atoms with Crippen LogP contribution in [0.1, 0.15) is 262 Å². The Morgan fingerprint density at radius 3 is 0.767 bits per heavy atom. The number of phenolic OH excluding ortho intramolecular Hbond substituents is 9. The van der Waals surface area contributed by atoms with E-state index in [1.54, 1.807) is 129 Å². The van der Waals surface area contributed by atoms with E-state index in [4.69, 9.17) is 47.6 Å². The van der Waals surface area contributed by atoms with Crippen molar-refractivity contribution in [3.8, 4) is 130 Å². The van der Waals surface area contributed by atoms with E-state index in [0.29, 0.717) is 39.9 Å². The minimum absolute atomic E-state index is 0.0478. The fourth-order valence-corrected chi connectivity index (χ4v) is 16.2. The van der Waals surface area contributed by atoms with Crippen molar-refractivity contribution in [2.45, 2.75) is 295 Å². The average Bonchev–Trinajstić information content (AvgIpc) is 1.01. The first-order valence-electron chi connectivity index (χ1n) is 48.5. The molecule has 0 bridgehead atoms. The molecule has 0 amide bonds. The summed E-state index contributed by atoms with van der Waals surface area (Å²) in [6.45, 7) is 76.9. The molecule has 11 aromatic carbocycles. The van der Waals surface area contributed by atoms with E-state index >= 15 is 0 Å². The molecule has 10 N–H and O–H groups in total. The number of ether oxygens (including phenoxy) is 2. The first-order valence-corrected chi connectivity index (χ1v) is 50.1. The quantitative estimate of drug-likeness (QED) is 0.0222. The second-order valence-corrected chi connectivity index (χ2v) is 48.5. The third kappa shape index (κ3) is 31.4. The number of rotatable bonds is 13. The summed E-state index contributed by atoms with van der Waals surface area (Å²) in [7, 11) is -1.48. The third-order valence-corrected chi connectivity index (χ3v) is 26.9. The van der Waals surface area contributed by atoms with Crippen LogP contribution in [-0.4, -0.2) is 124 Å². The molecular weight excluding hydrogens is 1970 g/mol. The highest BCUT2D eigenvalue weighted by atomic mass is 79.9. The van der Waals surface area contributed by atoms with E-state index in [-0.39, 0.29) is 95.0 Å². The molecule has 778 valence electrons. The molecule has 0 radical (unpaired) electrons. The Balaban J connectivity index is 0.000000218. The zero-order valence-electron chi connectivity index (χ0n) is 91.2. The molecule has 3 aliphatic heterocycles. The summed E-state index contributed by atoms with van der Waals surface area (Å²) in [5, 5.41) is 98.4. The monoisotopic (exact) mass is 2120 g/mol. The van der Waals surface area contributed by atoms with Gasteiger partial charge in [-0.15, -0.1) is 0 Å². The molecular formula is C120H149B3Br2O21. The van der Waals surface area contributed by atoms with E-state index in [1.807, 2.05) is 174 Å². The molecule has 3 saturated heterocycles. The van der Waals surface area contributed by atoms with Crippen molar-refractivity contribution in [1.82, 2.24) is 0 Å². The first kappa shape index (κ1) is 119. The van der Waals surface area contributed by atoms with Crippen molar-refractivity contribution < 1.29 is 103 Å². The Hall–Kier alpha value is -11.8. The number of carboxylic acid groups (broad SMARTS) is 1. The van der Waals surface area contributed by atoms with Crippen LogP contribution in [0.25, 0.3) is 66.8 Å². The minimum Gasteiger partial charge on any atom is -0.508 e. The van der Waals surface area contributed by atoms with Gasteiger partial charge in [-0.2, -0.15) is 0 Å². The molecule has 0 aromatic heterocycles. The zero-order valence-corrected chi connectivity index (χ0v) is 94.4. The zero-order chi connectivity index (χ0) is 110. The molecule has 3 heterocycles. The number of benzene rings is 11. The van der Waals surface area contributed by atoms with Gasteiger partial charge in [0.15, 0.2) is 0 Å². The van der Waals surface area contributed by atoms with Crippen molar-refractivity contribution in [2.75, 3.05) is 0 Å². The molecule has 26 heteroatoms. The van der Waals surface area contributed by atoms with E-state index in [0.717, 1.165) is 115 Å². The van der Waals surface area contributed by atoms with Crippen LogP contribution in [0.3, 0.4) is 0 Å². The number of phenols is 9. The van der Waals surface area contributed by atoms with Gasteiger partial charge < -0.3 is 88.5 Å². The Bertz CT molecular complexity index is 6330. The number of hydrogen-bond acceptors (Lipinski definition) is 20. The number of halogens is 2. The summed E-state index contributed by atoms with van der Waals surface area (Å²) < 4.78 is 48.8. The largest absolute Gasteiger partial charge is 0.508 e. The summed E-state index contributed by atoms with van der Waals surface area (Å²) in [6, 6.07) is 61.3. The Kier molecular flexibility index (Phi) is 37.5. The van der Waals surface area contributed by atoms with Crippen molar-refractivity contribution in [2.24, 2.45) is 0 Å². The van der Waals surface area contributed by atoms with Crippen molar-refractivity contribution >= 4 is 76.4 Å². The van der Waals surface area contributed by atoms with Gasteiger partial charge in [0.05, 0.1) is 33.6 Å². The van der Waals surface area contributed by atoms with Crippen molar-refractivity contribution in [1.29, 1.82) is 0 Å². The lowest BCUT2D eigenvalue weighted by Gasteiger charge is -2.32. The molecule has 0 aliphatic carbocycles. The van der Waals surface area contributed by atoms with Crippen LogP contribution in [0.5, 0.6) is 63.2 Å². The van der Waals surface area contributed by atoms with Crippen LogP contribution < -0.4 is 14.9 Å². The third-order valence-electron chi connectivity index (χ3n) is 26.0. The van der Waals surface area contributed by atoms with Crippen LogP contribution in [0, 0.1) is 0 Å². The number of hydrogen-bond donors (Lipinski definition) is 10. The summed E-state index contributed by atoms with van der Waals surface area (Å²) in [6.07, 6.45) is 0. The maximum atomic E-state index is 12.4. The van der Waals surface area contributed by atoms with Crippen LogP contribution in [0.4, 0.5) is 0 Å². The van der Waals surface area contributed by atoms with Crippen molar-refractivity contribution in [3.05, 3.63) is 285 Å². The van der Waals surface area contributed by atoms with Crippen molar-refractivity contribution in [3.63, 3.8) is 0 Å². The second-order valence-electron chi connectivity index (χ2n) is 46.6. The number of aliphatic carboxylic acids is 1. The highest BCUT2D eigenvalue weighted by Gasteiger charge is 2.64. The first-order chi connectivity index (χ1) is 66.7. The molecule has 0 unspecified atom stereocenters. The highest BCUT2D eigenvalue weighted by Crippen LogP contribution is 2.50. The predicted octanol–water partition coefficient (Wildman–Crippen LogP) is 29.3. The molecule has 21 nitrogen and oxygen atoms in total. The van der Waals surface area contributed by atoms with Crippen LogP contribution >= 0.6 is 31.9 Å².